The minimum Gasteiger partial charge on any atom is -0.494 e. The van der Waals surface area contributed by atoms with Crippen molar-refractivity contribution in [1.82, 2.24) is 0 Å². The summed E-state index contributed by atoms with van der Waals surface area (Å²) in [5.74, 6) is -0.499. The van der Waals surface area contributed by atoms with E-state index in [1.165, 1.54) is 18.2 Å². The highest BCUT2D eigenvalue weighted by Gasteiger charge is 2.27. The summed E-state index contributed by atoms with van der Waals surface area (Å²) in [4.78, 5) is 25.0. The first kappa shape index (κ1) is 25.8. The monoisotopic (exact) mass is 496 g/mol. The van der Waals surface area contributed by atoms with Crippen LogP contribution in [0, 0.1) is 6.92 Å². The summed E-state index contributed by atoms with van der Waals surface area (Å²) < 4.78 is 38.5. The molecule has 184 valence electrons. The van der Waals surface area contributed by atoms with Gasteiger partial charge in [-0.25, -0.2) is 13.2 Å². The number of sulfonamides is 1. The summed E-state index contributed by atoms with van der Waals surface area (Å²) in [6, 6.07) is 19.2. The second-order valence-electron chi connectivity index (χ2n) is 7.60. The predicted octanol–water partition coefficient (Wildman–Crippen LogP) is 4.40. The Hall–Kier alpha value is -3.85. The predicted molar refractivity (Wildman–Crippen MR) is 134 cm³/mol. The van der Waals surface area contributed by atoms with Gasteiger partial charge in [0.1, 0.15) is 12.3 Å². The van der Waals surface area contributed by atoms with Crippen LogP contribution in [0.15, 0.2) is 77.7 Å². The molecule has 0 aliphatic heterocycles. The lowest BCUT2D eigenvalue weighted by Gasteiger charge is -2.24. The van der Waals surface area contributed by atoms with Crippen molar-refractivity contribution in [1.29, 1.82) is 0 Å². The van der Waals surface area contributed by atoms with Gasteiger partial charge in [-0.05, 0) is 75.4 Å². The standard InChI is InChI=1S/C26H28N2O6S/c1-4-33-23-13-11-22(12-14-23)28(35(31,32)24-15-9-19(3)10-16-24)18-25(29)27-21-8-6-7-20(17-21)26(30)34-5-2/h6-17H,4-5,18H2,1-3H3,(H,27,29). The van der Waals surface area contributed by atoms with E-state index >= 15 is 0 Å². The highest BCUT2D eigenvalue weighted by Crippen LogP contribution is 2.26. The van der Waals surface area contributed by atoms with Crippen LogP contribution >= 0.6 is 0 Å². The van der Waals surface area contributed by atoms with Crippen LogP contribution in [-0.2, 0) is 19.6 Å². The lowest BCUT2D eigenvalue weighted by Crippen LogP contribution is -2.38. The van der Waals surface area contributed by atoms with Crippen molar-refractivity contribution in [2.24, 2.45) is 0 Å². The molecule has 1 amide bonds. The summed E-state index contributed by atoms with van der Waals surface area (Å²) in [6.45, 7) is 5.63. The molecule has 0 aliphatic carbocycles. The van der Waals surface area contributed by atoms with Crippen molar-refractivity contribution >= 4 is 33.3 Å². The first-order valence-corrected chi connectivity index (χ1v) is 12.6. The topological polar surface area (TPSA) is 102 Å². The van der Waals surface area contributed by atoms with Crippen molar-refractivity contribution < 1.29 is 27.5 Å². The molecule has 0 unspecified atom stereocenters. The largest absolute Gasteiger partial charge is 0.494 e. The van der Waals surface area contributed by atoms with E-state index in [1.807, 2.05) is 13.8 Å². The summed E-state index contributed by atoms with van der Waals surface area (Å²) >= 11 is 0. The molecule has 0 saturated carbocycles. The van der Waals surface area contributed by atoms with Gasteiger partial charge < -0.3 is 14.8 Å². The van der Waals surface area contributed by atoms with E-state index in [0.29, 0.717) is 23.7 Å². The molecule has 0 atom stereocenters. The molecule has 35 heavy (non-hydrogen) atoms. The average molecular weight is 497 g/mol. The molecule has 1 N–H and O–H groups in total. The third-order valence-corrected chi connectivity index (χ3v) is 6.78. The van der Waals surface area contributed by atoms with E-state index in [2.05, 4.69) is 5.32 Å². The van der Waals surface area contributed by atoms with Crippen LogP contribution in [0.3, 0.4) is 0 Å². The zero-order chi connectivity index (χ0) is 25.4. The van der Waals surface area contributed by atoms with Crippen LogP contribution in [0.4, 0.5) is 11.4 Å². The SMILES string of the molecule is CCOC(=O)c1cccc(NC(=O)CN(c2ccc(OCC)cc2)S(=O)(=O)c2ccc(C)cc2)c1. The highest BCUT2D eigenvalue weighted by atomic mass is 32.2. The van der Waals surface area contributed by atoms with Gasteiger partial charge in [-0.15, -0.1) is 0 Å². The number of hydrogen-bond donors (Lipinski definition) is 1. The maximum atomic E-state index is 13.5. The van der Waals surface area contributed by atoms with Gasteiger partial charge in [0.2, 0.25) is 5.91 Å². The highest BCUT2D eigenvalue weighted by molar-refractivity contribution is 7.92. The molecular formula is C26H28N2O6S. The molecule has 0 heterocycles. The fourth-order valence-electron chi connectivity index (χ4n) is 3.30. The molecule has 0 fully saturated rings. The van der Waals surface area contributed by atoms with Crippen LogP contribution < -0.4 is 14.4 Å². The van der Waals surface area contributed by atoms with E-state index in [0.717, 1.165) is 9.87 Å². The second kappa shape index (κ2) is 11.5. The normalized spacial score (nSPS) is 10.9. The Balaban J connectivity index is 1.89. The van der Waals surface area contributed by atoms with E-state index in [4.69, 9.17) is 9.47 Å². The molecule has 3 rings (SSSR count). The number of carbonyl (C=O) groups excluding carboxylic acids is 2. The Bertz CT molecular complexity index is 1270. The van der Waals surface area contributed by atoms with Gasteiger partial charge in [-0.2, -0.15) is 0 Å². The smallest absolute Gasteiger partial charge is 0.338 e. The number of amides is 1. The van der Waals surface area contributed by atoms with Crippen LogP contribution in [0.2, 0.25) is 0 Å². The van der Waals surface area contributed by atoms with Gasteiger partial charge in [0.05, 0.1) is 29.4 Å². The van der Waals surface area contributed by atoms with E-state index in [-0.39, 0.29) is 17.1 Å². The number of aryl methyl sites for hydroxylation is 1. The Morgan fingerprint density at radius 3 is 2.23 bits per heavy atom. The Morgan fingerprint density at radius 1 is 0.914 bits per heavy atom. The minimum absolute atomic E-state index is 0.0640. The van der Waals surface area contributed by atoms with Crippen molar-refractivity contribution in [3.63, 3.8) is 0 Å². The van der Waals surface area contributed by atoms with Crippen molar-refractivity contribution in [3.05, 3.63) is 83.9 Å². The third kappa shape index (κ3) is 6.60. The Labute approximate surface area is 205 Å². The molecule has 0 aliphatic rings. The Kier molecular flexibility index (Phi) is 8.48. The van der Waals surface area contributed by atoms with Gasteiger partial charge in [0.15, 0.2) is 0 Å². The quantitative estimate of drug-likeness (QED) is 0.417. The third-order valence-electron chi connectivity index (χ3n) is 4.99. The van der Waals surface area contributed by atoms with Crippen molar-refractivity contribution in [2.45, 2.75) is 25.7 Å². The van der Waals surface area contributed by atoms with Crippen molar-refractivity contribution in [3.8, 4) is 5.75 Å². The lowest BCUT2D eigenvalue weighted by molar-refractivity contribution is -0.114. The number of carbonyl (C=O) groups is 2. The number of nitrogens with one attached hydrogen (secondary N) is 1. The number of hydrogen-bond acceptors (Lipinski definition) is 6. The first-order valence-electron chi connectivity index (χ1n) is 11.1. The van der Waals surface area contributed by atoms with E-state index in [9.17, 15) is 18.0 Å². The number of benzene rings is 3. The summed E-state index contributed by atoms with van der Waals surface area (Å²) in [5.41, 5.74) is 1.85. The lowest BCUT2D eigenvalue weighted by atomic mass is 10.2. The molecular weight excluding hydrogens is 468 g/mol. The minimum atomic E-state index is -4.05. The number of nitrogens with zero attached hydrogens (tertiary/aromatic N) is 1. The van der Waals surface area contributed by atoms with Gasteiger partial charge in [0.25, 0.3) is 10.0 Å². The number of rotatable bonds is 10. The number of esters is 1. The number of ether oxygens (including phenoxy) is 2. The summed E-state index contributed by atoms with van der Waals surface area (Å²) in [6.07, 6.45) is 0. The maximum Gasteiger partial charge on any atom is 0.338 e. The van der Waals surface area contributed by atoms with Crippen LogP contribution in [-0.4, -0.2) is 40.1 Å². The van der Waals surface area contributed by atoms with Gasteiger partial charge in [-0.1, -0.05) is 23.8 Å². The zero-order valence-electron chi connectivity index (χ0n) is 19.9. The fraction of sp³-hybridized carbons (Fsp3) is 0.231. The van der Waals surface area contributed by atoms with Crippen LogP contribution in [0.5, 0.6) is 5.75 Å². The molecule has 0 aromatic heterocycles. The molecule has 0 radical (unpaired) electrons. The molecule has 0 spiro atoms. The first-order chi connectivity index (χ1) is 16.7. The van der Waals surface area contributed by atoms with Gasteiger partial charge in [0, 0.05) is 5.69 Å². The van der Waals surface area contributed by atoms with Crippen LogP contribution in [0.1, 0.15) is 29.8 Å². The second-order valence-corrected chi connectivity index (χ2v) is 9.46. The molecule has 8 nitrogen and oxygen atoms in total. The van der Waals surface area contributed by atoms with Gasteiger partial charge >= 0.3 is 5.97 Å². The molecule has 0 saturated heterocycles. The summed E-state index contributed by atoms with van der Waals surface area (Å²) in [7, 11) is -4.05. The Morgan fingerprint density at radius 2 is 1.60 bits per heavy atom. The number of anilines is 2. The zero-order valence-corrected chi connectivity index (χ0v) is 20.7. The fourth-order valence-corrected chi connectivity index (χ4v) is 4.72. The molecule has 3 aromatic rings. The molecule has 0 bridgehead atoms. The van der Waals surface area contributed by atoms with E-state index in [1.54, 1.807) is 61.5 Å². The molecule has 9 heteroatoms. The van der Waals surface area contributed by atoms with Gasteiger partial charge in [-0.3, -0.25) is 9.10 Å². The summed E-state index contributed by atoms with van der Waals surface area (Å²) in [5, 5.41) is 2.67. The van der Waals surface area contributed by atoms with Crippen LogP contribution in [0.25, 0.3) is 0 Å². The maximum absolute atomic E-state index is 13.5. The van der Waals surface area contributed by atoms with Crippen molar-refractivity contribution in [2.75, 3.05) is 29.4 Å². The van der Waals surface area contributed by atoms with E-state index < -0.39 is 28.4 Å². The molecule has 3 aromatic carbocycles. The average Bonchev–Trinajstić information content (AvgIpc) is 2.84.